The van der Waals surface area contributed by atoms with Crippen molar-refractivity contribution >= 4 is 23.0 Å². The predicted molar refractivity (Wildman–Crippen MR) is 137 cm³/mol. The fourth-order valence-corrected chi connectivity index (χ4v) is 3.89. The molecule has 0 aliphatic rings. The van der Waals surface area contributed by atoms with Gasteiger partial charge in [0.2, 0.25) is 0 Å². The van der Waals surface area contributed by atoms with Crippen LogP contribution in [0.3, 0.4) is 0 Å². The van der Waals surface area contributed by atoms with E-state index < -0.39 is 5.91 Å². The van der Waals surface area contributed by atoms with Gasteiger partial charge in [-0.1, -0.05) is 60.7 Å². The number of benzene rings is 3. The second-order valence-electron chi connectivity index (χ2n) is 8.04. The van der Waals surface area contributed by atoms with Crippen LogP contribution in [0, 0.1) is 11.3 Å². The van der Waals surface area contributed by atoms with E-state index in [2.05, 4.69) is 5.32 Å². The van der Waals surface area contributed by atoms with Crippen molar-refractivity contribution in [2.24, 2.45) is 0 Å². The number of para-hydroxylation sites is 2. The van der Waals surface area contributed by atoms with Gasteiger partial charge >= 0.3 is 0 Å². The van der Waals surface area contributed by atoms with Crippen molar-refractivity contribution in [3.63, 3.8) is 0 Å². The maximum atomic E-state index is 12.8. The number of nitriles is 1. The highest BCUT2D eigenvalue weighted by atomic mass is 16.5. The number of rotatable bonds is 7. The Hall–Kier alpha value is -5.09. The van der Waals surface area contributed by atoms with Crippen LogP contribution < -0.4 is 10.1 Å². The number of nitrogens with one attached hydrogen (secondary N) is 1. The number of fused-ring (bicyclic) bond motifs is 1. The first kappa shape index (κ1) is 22.7. The van der Waals surface area contributed by atoms with Gasteiger partial charge in [-0.2, -0.15) is 10.4 Å². The molecule has 0 spiro atoms. The van der Waals surface area contributed by atoms with Gasteiger partial charge in [-0.05, 0) is 35.9 Å². The Bertz CT molecular complexity index is 1590. The molecule has 2 heterocycles. The number of carbonyl (C=O) groups excluding carboxylic acids is 1. The van der Waals surface area contributed by atoms with Gasteiger partial charge in [0, 0.05) is 23.7 Å². The monoisotopic (exact) mass is 474 g/mol. The molecule has 176 valence electrons. The molecular weight excluding hydrogens is 452 g/mol. The summed E-state index contributed by atoms with van der Waals surface area (Å²) in [6.45, 7) is 0.318. The van der Waals surface area contributed by atoms with Crippen molar-refractivity contribution in [1.29, 1.82) is 5.26 Å². The van der Waals surface area contributed by atoms with E-state index in [4.69, 9.17) is 14.3 Å². The molecule has 0 saturated heterocycles. The molecule has 0 aliphatic heterocycles. The molecule has 7 nitrogen and oxygen atoms in total. The number of aromatic nitrogens is 2. The summed E-state index contributed by atoms with van der Waals surface area (Å²) >= 11 is 0. The molecule has 7 heteroatoms. The van der Waals surface area contributed by atoms with Crippen LogP contribution in [0.5, 0.6) is 5.75 Å². The lowest BCUT2D eigenvalue weighted by molar-refractivity contribution is -0.117. The fourth-order valence-electron chi connectivity index (χ4n) is 3.89. The summed E-state index contributed by atoms with van der Waals surface area (Å²) < 4.78 is 13.3. The van der Waals surface area contributed by atoms with Gasteiger partial charge in [0.25, 0.3) is 5.91 Å². The molecule has 5 aromatic rings. The molecule has 0 aliphatic carbocycles. The van der Waals surface area contributed by atoms with Gasteiger partial charge in [0.05, 0.1) is 12.8 Å². The number of nitrogens with zero attached hydrogens (tertiary/aromatic N) is 3. The third-order valence-corrected chi connectivity index (χ3v) is 5.69. The van der Waals surface area contributed by atoms with Gasteiger partial charge in [-0.15, -0.1) is 0 Å². The molecule has 36 heavy (non-hydrogen) atoms. The number of amides is 1. The van der Waals surface area contributed by atoms with E-state index in [1.54, 1.807) is 18.0 Å². The Morgan fingerprint density at radius 2 is 1.83 bits per heavy atom. The lowest BCUT2D eigenvalue weighted by Crippen LogP contribution is -2.23. The van der Waals surface area contributed by atoms with Crippen LogP contribution in [0.1, 0.15) is 11.1 Å². The van der Waals surface area contributed by atoms with Crippen molar-refractivity contribution in [2.45, 2.75) is 6.54 Å². The molecule has 0 saturated carbocycles. The van der Waals surface area contributed by atoms with Crippen LogP contribution in [-0.2, 0) is 11.3 Å². The molecule has 0 bridgehead atoms. The Balaban J connectivity index is 1.55. The third-order valence-electron chi connectivity index (χ3n) is 5.69. The number of ether oxygens (including phenoxy) is 1. The molecule has 3 aromatic carbocycles. The first-order valence-electron chi connectivity index (χ1n) is 11.3. The van der Waals surface area contributed by atoms with Crippen LogP contribution in [0.4, 0.5) is 0 Å². The van der Waals surface area contributed by atoms with Crippen molar-refractivity contribution in [3.05, 3.63) is 108 Å². The van der Waals surface area contributed by atoms with Crippen LogP contribution in [0.2, 0.25) is 0 Å². The topological polar surface area (TPSA) is 93.1 Å². The second kappa shape index (κ2) is 10.0. The average Bonchev–Trinajstić information content (AvgIpc) is 3.55. The van der Waals surface area contributed by atoms with Gasteiger partial charge in [0.1, 0.15) is 17.3 Å². The van der Waals surface area contributed by atoms with E-state index in [1.165, 1.54) is 6.08 Å². The molecule has 1 N–H and O–H groups in total. The molecule has 0 fully saturated rings. The molecular formula is C29H22N4O3. The van der Waals surface area contributed by atoms with Crippen molar-refractivity contribution < 1.29 is 13.9 Å². The predicted octanol–water partition coefficient (Wildman–Crippen LogP) is 5.52. The summed E-state index contributed by atoms with van der Waals surface area (Å²) in [6.07, 6.45) is 3.31. The van der Waals surface area contributed by atoms with Crippen molar-refractivity contribution in [3.8, 4) is 29.0 Å². The first-order valence-corrected chi connectivity index (χ1v) is 11.3. The summed E-state index contributed by atoms with van der Waals surface area (Å²) in [5.74, 6) is 0.639. The number of hydrogen-bond acceptors (Lipinski definition) is 5. The van der Waals surface area contributed by atoms with Crippen LogP contribution in [0.15, 0.2) is 101 Å². The van der Waals surface area contributed by atoms with E-state index >= 15 is 0 Å². The molecule has 1 amide bonds. The quantitative estimate of drug-likeness (QED) is 0.248. The fraction of sp³-hybridized carbons (Fsp3) is 0.0690. The van der Waals surface area contributed by atoms with E-state index in [0.717, 1.165) is 16.6 Å². The van der Waals surface area contributed by atoms with E-state index in [9.17, 15) is 10.1 Å². The Kier molecular flexibility index (Phi) is 6.33. The lowest BCUT2D eigenvalue weighted by Gasteiger charge is -2.04. The number of carbonyl (C=O) groups is 1. The second-order valence-corrected chi connectivity index (χ2v) is 8.04. The third kappa shape index (κ3) is 4.61. The maximum absolute atomic E-state index is 12.8. The van der Waals surface area contributed by atoms with E-state index in [-0.39, 0.29) is 5.57 Å². The number of methoxy groups -OCH3 is 1. The summed E-state index contributed by atoms with van der Waals surface area (Å²) in [4.78, 5) is 12.8. The summed E-state index contributed by atoms with van der Waals surface area (Å²) in [6, 6.07) is 28.6. The molecule has 5 rings (SSSR count). The Morgan fingerprint density at radius 3 is 2.56 bits per heavy atom. The zero-order valence-electron chi connectivity index (χ0n) is 19.5. The summed E-state index contributed by atoms with van der Waals surface area (Å²) in [7, 11) is 1.59. The summed E-state index contributed by atoms with van der Waals surface area (Å²) in [5, 5.41) is 18.2. The standard InChI is InChI=1S/C29H22N4O3/c1-35-25-14-8-11-21-16-26(36-28(21)25)27-23(19-33(32-27)24-12-6-3-7-13-24)15-22(17-30)29(34)31-18-20-9-4-2-5-10-20/h2-16,19H,18H2,1H3,(H,31,34)/b22-15-. The molecule has 0 unspecified atom stereocenters. The van der Waals surface area contributed by atoms with E-state index in [0.29, 0.717) is 34.9 Å². The van der Waals surface area contributed by atoms with Crippen LogP contribution in [0.25, 0.3) is 34.2 Å². The maximum Gasteiger partial charge on any atom is 0.262 e. The molecule has 0 atom stereocenters. The zero-order chi connectivity index (χ0) is 24.9. The Morgan fingerprint density at radius 1 is 1.08 bits per heavy atom. The lowest BCUT2D eigenvalue weighted by atomic mass is 10.1. The first-order chi connectivity index (χ1) is 17.7. The van der Waals surface area contributed by atoms with Gasteiger partial charge in [-0.3, -0.25) is 4.79 Å². The highest BCUT2D eigenvalue weighted by molar-refractivity contribution is 6.02. The van der Waals surface area contributed by atoms with Gasteiger partial charge in [0.15, 0.2) is 17.1 Å². The number of hydrogen-bond donors (Lipinski definition) is 1. The highest BCUT2D eigenvalue weighted by Gasteiger charge is 2.19. The van der Waals surface area contributed by atoms with Crippen molar-refractivity contribution in [1.82, 2.24) is 15.1 Å². The normalized spacial score (nSPS) is 11.3. The van der Waals surface area contributed by atoms with Gasteiger partial charge < -0.3 is 14.5 Å². The molecule has 2 aromatic heterocycles. The van der Waals surface area contributed by atoms with Gasteiger partial charge in [-0.25, -0.2) is 4.68 Å². The van der Waals surface area contributed by atoms with Crippen LogP contribution in [-0.4, -0.2) is 22.8 Å². The highest BCUT2D eigenvalue weighted by Crippen LogP contribution is 2.35. The zero-order valence-corrected chi connectivity index (χ0v) is 19.5. The SMILES string of the molecule is COc1cccc2cc(-c3nn(-c4ccccc4)cc3/C=C(/C#N)C(=O)NCc3ccccc3)oc12. The largest absolute Gasteiger partial charge is 0.493 e. The molecule has 0 radical (unpaired) electrons. The smallest absolute Gasteiger partial charge is 0.262 e. The van der Waals surface area contributed by atoms with E-state index in [1.807, 2.05) is 91.0 Å². The minimum Gasteiger partial charge on any atom is -0.493 e. The summed E-state index contributed by atoms with van der Waals surface area (Å²) in [5.41, 5.74) is 3.41. The average molecular weight is 475 g/mol. The van der Waals surface area contributed by atoms with Crippen LogP contribution >= 0.6 is 0 Å². The minimum atomic E-state index is -0.467. The minimum absolute atomic E-state index is 0.0338. The number of furan rings is 1. The van der Waals surface area contributed by atoms with Crippen molar-refractivity contribution in [2.75, 3.05) is 7.11 Å². The Labute approximate surface area is 207 Å².